The molecule has 0 spiro atoms. The molecule has 0 amide bonds. The number of carbonyl (C=O) groups is 1. The van der Waals surface area contributed by atoms with E-state index in [9.17, 15) is 4.79 Å². The molecule has 0 bridgehead atoms. The monoisotopic (exact) mass is 296 g/mol. The number of hydrogen-bond donors (Lipinski definition) is 1. The van der Waals surface area contributed by atoms with Gasteiger partial charge >= 0.3 is 5.97 Å². The lowest BCUT2D eigenvalue weighted by Crippen LogP contribution is -2.40. The summed E-state index contributed by atoms with van der Waals surface area (Å²) >= 11 is 0. The Morgan fingerprint density at radius 3 is 2.52 bits per heavy atom. The molecule has 1 N–H and O–H groups in total. The molecular formula is C17H32N2O2. The Labute approximate surface area is 129 Å². The Morgan fingerprint density at radius 2 is 1.86 bits per heavy atom. The Bertz CT molecular complexity index is 295. The van der Waals surface area contributed by atoms with Crippen LogP contribution in [0, 0.1) is 11.8 Å². The SMILES string of the molecule is CCCCOC(=O)CC1CCN(CC2CCNCC2)CC1. The van der Waals surface area contributed by atoms with Gasteiger partial charge in [0.1, 0.15) is 0 Å². The molecule has 0 unspecified atom stereocenters. The van der Waals surface area contributed by atoms with Crippen molar-refractivity contribution in [3.63, 3.8) is 0 Å². The van der Waals surface area contributed by atoms with Crippen molar-refractivity contribution in [2.24, 2.45) is 11.8 Å². The number of carbonyl (C=O) groups excluding carboxylic acids is 1. The number of hydrogen-bond acceptors (Lipinski definition) is 4. The number of rotatable bonds is 7. The van der Waals surface area contributed by atoms with E-state index in [-0.39, 0.29) is 5.97 Å². The highest BCUT2D eigenvalue weighted by molar-refractivity contribution is 5.69. The third kappa shape index (κ3) is 6.35. The van der Waals surface area contributed by atoms with Gasteiger partial charge in [-0.15, -0.1) is 0 Å². The fraction of sp³-hybridized carbons (Fsp3) is 0.941. The summed E-state index contributed by atoms with van der Waals surface area (Å²) in [6.45, 7) is 8.67. The average Bonchev–Trinajstić information content (AvgIpc) is 2.51. The molecule has 0 atom stereocenters. The molecule has 0 aromatic rings. The number of ether oxygens (including phenoxy) is 1. The highest BCUT2D eigenvalue weighted by Gasteiger charge is 2.24. The van der Waals surface area contributed by atoms with E-state index in [4.69, 9.17) is 4.74 Å². The van der Waals surface area contributed by atoms with Crippen molar-refractivity contribution in [1.29, 1.82) is 0 Å². The van der Waals surface area contributed by atoms with Crippen LogP contribution >= 0.6 is 0 Å². The van der Waals surface area contributed by atoms with Crippen molar-refractivity contribution < 1.29 is 9.53 Å². The third-order valence-electron chi connectivity index (χ3n) is 4.90. The maximum absolute atomic E-state index is 11.7. The van der Waals surface area contributed by atoms with Crippen LogP contribution in [-0.2, 0) is 9.53 Å². The van der Waals surface area contributed by atoms with Crippen molar-refractivity contribution in [3.8, 4) is 0 Å². The number of unbranched alkanes of at least 4 members (excludes halogenated alkanes) is 1. The van der Waals surface area contributed by atoms with Gasteiger partial charge in [-0.3, -0.25) is 4.79 Å². The molecule has 2 rings (SSSR count). The number of piperidine rings is 2. The molecule has 0 aromatic heterocycles. The van der Waals surface area contributed by atoms with Gasteiger partial charge in [-0.1, -0.05) is 13.3 Å². The summed E-state index contributed by atoms with van der Waals surface area (Å²) in [6.07, 6.45) is 7.67. The van der Waals surface area contributed by atoms with Gasteiger partial charge in [0.05, 0.1) is 6.61 Å². The minimum atomic E-state index is 0.0141. The number of likely N-dealkylation sites (tertiary alicyclic amines) is 1. The van der Waals surface area contributed by atoms with Crippen molar-refractivity contribution in [2.75, 3.05) is 39.3 Å². The zero-order valence-electron chi connectivity index (χ0n) is 13.6. The molecule has 2 fully saturated rings. The first-order chi connectivity index (χ1) is 10.3. The van der Waals surface area contributed by atoms with Crippen molar-refractivity contribution >= 4 is 5.97 Å². The molecule has 2 saturated heterocycles. The van der Waals surface area contributed by atoms with Crippen LogP contribution in [0.15, 0.2) is 0 Å². The first kappa shape index (κ1) is 16.8. The molecule has 2 aliphatic heterocycles. The molecule has 4 nitrogen and oxygen atoms in total. The van der Waals surface area contributed by atoms with Crippen LogP contribution in [0.25, 0.3) is 0 Å². The second-order valence-corrected chi connectivity index (χ2v) is 6.72. The summed E-state index contributed by atoms with van der Waals surface area (Å²) in [5, 5.41) is 3.43. The topological polar surface area (TPSA) is 41.6 Å². The maximum atomic E-state index is 11.7. The van der Waals surface area contributed by atoms with Crippen molar-refractivity contribution in [1.82, 2.24) is 10.2 Å². The highest BCUT2D eigenvalue weighted by Crippen LogP contribution is 2.23. The highest BCUT2D eigenvalue weighted by atomic mass is 16.5. The van der Waals surface area contributed by atoms with Gasteiger partial charge in [-0.25, -0.2) is 0 Å². The van der Waals surface area contributed by atoms with Crippen LogP contribution in [0.4, 0.5) is 0 Å². The molecule has 0 radical (unpaired) electrons. The van der Waals surface area contributed by atoms with E-state index < -0.39 is 0 Å². The lowest BCUT2D eigenvalue weighted by molar-refractivity contribution is -0.145. The molecule has 4 heteroatoms. The van der Waals surface area contributed by atoms with E-state index in [2.05, 4.69) is 17.1 Å². The first-order valence-electron chi connectivity index (χ1n) is 8.86. The summed E-state index contributed by atoms with van der Waals surface area (Å²) in [4.78, 5) is 14.3. The Morgan fingerprint density at radius 1 is 1.14 bits per heavy atom. The van der Waals surface area contributed by atoms with Gasteiger partial charge in [-0.05, 0) is 70.1 Å². The smallest absolute Gasteiger partial charge is 0.306 e. The van der Waals surface area contributed by atoms with E-state index >= 15 is 0 Å². The van der Waals surface area contributed by atoms with Gasteiger partial charge in [0, 0.05) is 13.0 Å². The number of nitrogens with one attached hydrogen (secondary N) is 1. The summed E-state index contributed by atoms with van der Waals surface area (Å²) in [7, 11) is 0. The summed E-state index contributed by atoms with van der Waals surface area (Å²) in [6, 6.07) is 0. The van der Waals surface area contributed by atoms with Crippen LogP contribution < -0.4 is 5.32 Å². The third-order valence-corrected chi connectivity index (χ3v) is 4.90. The molecule has 0 saturated carbocycles. The van der Waals surface area contributed by atoms with Gasteiger partial charge in [0.2, 0.25) is 0 Å². The van der Waals surface area contributed by atoms with E-state index in [0.29, 0.717) is 18.9 Å². The second kappa shape index (κ2) is 9.42. The molecule has 122 valence electrons. The zero-order valence-corrected chi connectivity index (χ0v) is 13.6. The van der Waals surface area contributed by atoms with E-state index in [0.717, 1.165) is 44.7 Å². The zero-order chi connectivity index (χ0) is 14.9. The number of esters is 1. The molecule has 2 heterocycles. The molecule has 21 heavy (non-hydrogen) atoms. The standard InChI is InChI=1S/C17H32N2O2/c1-2-3-12-21-17(20)13-15-6-10-19(11-7-15)14-16-4-8-18-9-5-16/h15-16,18H,2-14H2,1H3. The van der Waals surface area contributed by atoms with E-state index in [1.165, 1.54) is 32.5 Å². The first-order valence-corrected chi connectivity index (χ1v) is 8.86. The van der Waals surface area contributed by atoms with Gasteiger partial charge < -0.3 is 15.0 Å². The fourth-order valence-electron chi connectivity index (χ4n) is 3.43. The van der Waals surface area contributed by atoms with Crippen LogP contribution in [0.3, 0.4) is 0 Å². The molecule has 2 aliphatic rings. The lowest BCUT2D eigenvalue weighted by atomic mass is 9.91. The van der Waals surface area contributed by atoms with E-state index in [1.807, 2.05) is 0 Å². The Hall–Kier alpha value is -0.610. The van der Waals surface area contributed by atoms with Gasteiger partial charge in [0.15, 0.2) is 0 Å². The van der Waals surface area contributed by atoms with Crippen LogP contribution in [0.1, 0.15) is 51.9 Å². The summed E-state index contributed by atoms with van der Waals surface area (Å²) < 4.78 is 5.27. The van der Waals surface area contributed by atoms with E-state index in [1.54, 1.807) is 0 Å². The predicted molar refractivity (Wildman–Crippen MR) is 85.2 cm³/mol. The summed E-state index contributed by atoms with van der Waals surface area (Å²) in [5.74, 6) is 1.44. The predicted octanol–water partition coefficient (Wildman–Crippen LogP) is 2.43. The molecule has 0 aliphatic carbocycles. The largest absolute Gasteiger partial charge is 0.466 e. The van der Waals surface area contributed by atoms with Crippen LogP contribution in [-0.4, -0.2) is 50.2 Å². The van der Waals surface area contributed by atoms with Gasteiger partial charge in [0.25, 0.3) is 0 Å². The van der Waals surface area contributed by atoms with Gasteiger partial charge in [-0.2, -0.15) is 0 Å². The Kier molecular flexibility index (Phi) is 7.51. The minimum absolute atomic E-state index is 0.0141. The summed E-state index contributed by atoms with van der Waals surface area (Å²) in [5.41, 5.74) is 0. The van der Waals surface area contributed by atoms with Crippen LogP contribution in [0.5, 0.6) is 0 Å². The average molecular weight is 296 g/mol. The maximum Gasteiger partial charge on any atom is 0.306 e. The lowest BCUT2D eigenvalue weighted by Gasteiger charge is -2.35. The fourth-order valence-corrected chi connectivity index (χ4v) is 3.43. The molecule has 0 aromatic carbocycles. The number of nitrogens with zero attached hydrogens (tertiary/aromatic N) is 1. The Balaban J connectivity index is 1.58. The minimum Gasteiger partial charge on any atom is -0.466 e. The van der Waals surface area contributed by atoms with Crippen LogP contribution in [0.2, 0.25) is 0 Å². The molecular weight excluding hydrogens is 264 g/mol. The van der Waals surface area contributed by atoms with Crippen molar-refractivity contribution in [2.45, 2.75) is 51.9 Å². The van der Waals surface area contributed by atoms with Crippen molar-refractivity contribution in [3.05, 3.63) is 0 Å². The quantitative estimate of drug-likeness (QED) is 0.579. The second-order valence-electron chi connectivity index (χ2n) is 6.72. The normalized spacial score (nSPS) is 22.3.